The maximum Gasteiger partial charge on any atom is 0.262 e. The molecule has 2 N–H and O–H groups in total. The molecule has 1 aliphatic heterocycles. The van der Waals surface area contributed by atoms with Crippen LogP contribution in [-0.2, 0) is 16.0 Å². The predicted molar refractivity (Wildman–Crippen MR) is 123 cm³/mol. The fraction of sp³-hybridized carbons (Fsp3) is 0.375. The van der Waals surface area contributed by atoms with Gasteiger partial charge in [-0.15, -0.1) is 17.9 Å². The quantitative estimate of drug-likeness (QED) is 0.590. The first kappa shape index (κ1) is 22.7. The van der Waals surface area contributed by atoms with Crippen LogP contribution in [0.3, 0.4) is 0 Å². The van der Waals surface area contributed by atoms with Crippen LogP contribution in [0.15, 0.2) is 60.5 Å². The van der Waals surface area contributed by atoms with Crippen LogP contribution < -0.4 is 10.6 Å². The Bertz CT molecular complexity index is 875. The minimum atomic E-state index is -0.629. The van der Waals surface area contributed by atoms with Crippen molar-refractivity contribution in [2.24, 2.45) is 5.92 Å². The van der Waals surface area contributed by atoms with Crippen LogP contribution >= 0.6 is 11.3 Å². The lowest BCUT2D eigenvalue weighted by molar-refractivity contribution is -0.133. The van der Waals surface area contributed by atoms with E-state index in [1.165, 1.54) is 11.3 Å². The summed E-state index contributed by atoms with van der Waals surface area (Å²) >= 11 is 1.34. The molecule has 0 spiro atoms. The lowest BCUT2D eigenvalue weighted by Gasteiger charge is -2.35. The van der Waals surface area contributed by atoms with Gasteiger partial charge in [-0.05, 0) is 42.2 Å². The number of piperidine rings is 1. The van der Waals surface area contributed by atoms with Crippen LogP contribution in [0.2, 0.25) is 0 Å². The zero-order valence-electron chi connectivity index (χ0n) is 17.6. The molecular formula is C24H29N3O3S. The molecule has 0 radical (unpaired) electrons. The van der Waals surface area contributed by atoms with Crippen molar-refractivity contribution in [1.82, 2.24) is 15.5 Å². The molecule has 3 amide bonds. The molecule has 7 heteroatoms. The molecule has 1 aliphatic rings. The van der Waals surface area contributed by atoms with Crippen LogP contribution in [0, 0.1) is 5.92 Å². The van der Waals surface area contributed by atoms with Gasteiger partial charge in [0.25, 0.3) is 5.91 Å². The summed E-state index contributed by atoms with van der Waals surface area (Å²) in [4.78, 5) is 40.4. The van der Waals surface area contributed by atoms with Crippen molar-refractivity contribution < 1.29 is 14.4 Å². The number of nitrogens with zero attached hydrogens (tertiary/aromatic N) is 1. The lowest BCUT2D eigenvalue weighted by atomic mass is 9.88. The smallest absolute Gasteiger partial charge is 0.262 e. The van der Waals surface area contributed by atoms with E-state index in [0.717, 1.165) is 12.0 Å². The van der Waals surface area contributed by atoms with Crippen molar-refractivity contribution in [3.05, 3.63) is 70.9 Å². The van der Waals surface area contributed by atoms with Gasteiger partial charge >= 0.3 is 0 Å². The molecule has 1 aromatic heterocycles. The fourth-order valence-electron chi connectivity index (χ4n) is 3.84. The summed E-state index contributed by atoms with van der Waals surface area (Å²) in [5.41, 5.74) is 1.15. The predicted octanol–water partition coefficient (Wildman–Crippen LogP) is 3.02. The molecule has 164 valence electrons. The van der Waals surface area contributed by atoms with Gasteiger partial charge in [-0.1, -0.05) is 42.5 Å². The third kappa shape index (κ3) is 6.52. The maximum absolute atomic E-state index is 12.7. The normalized spacial score (nSPS) is 15.2. The van der Waals surface area contributed by atoms with Gasteiger partial charge < -0.3 is 15.5 Å². The molecule has 1 aromatic carbocycles. The number of carbonyl (C=O) groups excluding carboxylic acids is 3. The summed E-state index contributed by atoms with van der Waals surface area (Å²) in [5.74, 6) is -0.335. The minimum absolute atomic E-state index is 0.0214. The maximum atomic E-state index is 12.7. The Kier molecular flexibility index (Phi) is 8.41. The first-order valence-electron chi connectivity index (χ1n) is 10.6. The molecule has 1 atom stereocenters. The summed E-state index contributed by atoms with van der Waals surface area (Å²) in [5, 5.41) is 7.55. The minimum Gasteiger partial charge on any atom is -0.351 e. The Labute approximate surface area is 187 Å². The highest BCUT2D eigenvalue weighted by molar-refractivity contribution is 7.12. The standard InChI is InChI=1S/C24H29N3O3S/c1-2-14-25-24(30)22(26-23(29)20-9-6-17-31-20)19-12-15-27(16-13-19)21(28)11-10-18-7-4-3-5-8-18/h2-9,17,19,22H,1,10-16H2,(H,25,30)(H,26,29). The molecular weight excluding hydrogens is 410 g/mol. The van der Waals surface area contributed by atoms with Crippen molar-refractivity contribution in [3.8, 4) is 0 Å². The topological polar surface area (TPSA) is 78.5 Å². The molecule has 2 aromatic rings. The van der Waals surface area contributed by atoms with Gasteiger partial charge in [0.15, 0.2) is 0 Å². The van der Waals surface area contributed by atoms with Crippen molar-refractivity contribution >= 4 is 29.1 Å². The Balaban J connectivity index is 1.56. The Morgan fingerprint density at radius 1 is 1.13 bits per heavy atom. The molecule has 1 unspecified atom stereocenters. The Morgan fingerprint density at radius 3 is 2.52 bits per heavy atom. The number of hydrogen-bond donors (Lipinski definition) is 2. The molecule has 31 heavy (non-hydrogen) atoms. The second-order valence-electron chi connectivity index (χ2n) is 7.67. The van der Waals surface area contributed by atoms with E-state index in [9.17, 15) is 14.4 Å². The zero-order valence-corrected chi connectivity index (χ0v) is 18.4. The molecule has 1 saturated heterocycles. The van der Waals surface area contributed by atoms with Crippen LogP contribution in [-0.4, -0.2) is 48.3 Å². The SMILES string of the molecule is C=CCNC(=O)C(NC(=O)c1cccs1)C1CCN(C(=O)CCc2ccccc2)CC1. The van der Waals surface area contributed by atoms with E-state index in [-0.39, 0.29) is 23.6 Å². The number of carbonyl (C=O) groups is 3. The van der Waals surface area contributed by atoms with Gasteiger partial charge in [-0.3, -0.25) is 14.4 Å². The zero-order chi connectivity index (χ0) is 22.1. The highest BCUT2D eigenvalue weighted by Crippen LogP contribution is 2.23. The lowest BCUT2D eigenvalue weighted by Crippen LogP contribution is -2.53. The molecule has 0 aliphatic carbocycles. The second kappa shape index (κ2) is 11.5. The van der Waals surface area contributed by atoms with E-state index < -0.39 is 6.04 Å². The monoisotopic (exact) mass is 439 g/mol. The van der Waals surface area contributed by atoms with Gasteiger partial charge in [0.1, 0.15) is 6.04 Å². The number of rotatable bonds is 9. The van der Waals surface area contributed by atoms with E-state index in [4.69, 9.17) is 0 Å². The number of likely N-dealkylation sites (tertiary alicyclic amines) is 1. The number of benzene rings is 1. The largest absolute Gasteiger partial charge is 0.351 e. The highest BCUT2D eigenvalue weighted by Gasteiger charge is 2.33. The molecule has 0 saturated carbocycles. The van der Waals surface area contributed by atoms with Crippen molar-refractivity contribution in [1.29, 1.82) is 0 Å². The van der Waals surface area contributed by atoms with E-state index in [1.807, 2.05) is 46.7 Å². The van der Waals surface area contributed by atoms with Gasteiger partial charge in [-0.25, -0.2) is 0 Å². The molecule has 1 fully saturated rings. The van der Waals surface area contributed by atoms with E-state index in [2.05, 4.69) is 17.2 Å². The number of aryl methyl sites for hydroxylation is 1. The third-order valence-corrected chi connectivity index (χ3v) is 6.44. The molecule has 3 rings (SSSR count). The number of hydrogen-bond acceptors (Lipinski definition) is 4. The van der Waals surface area contributed by atoms with Gasteiger partial charge in [0.05, 0.1) is 4.88 Å². The highest BCUT2D eigenvalue weighted by atomic mass is 32.1. The average Bonchev–Trinajstić information content (AvgIpc) is 3.35. The van der Waals surface area contributed by atoms with Crippen molar-refractivity contribution in [2.75, 3.05) is 19.6 Å². The summed E-state index contributed by atoms with van der Waals surface area (Å²) in [6.07, 6.45) is 4.17. The van der Waals surface area contributed by atoms with Crippen molar-refractivity contribution in [2.45, 2.75) is 31.7 Å². The van der Waals surface area contributed by atoms with Crippen LogP contribution in [0.1, 0.15) is 34.5 Å². The van der Waals surface area contributed by atoms with Gasteiger partial charge in [0.2, 0.25) is 11.8 Å². The molecule has 6 nitrogen and oxygen atoms in total. The summed E-state index contributed by atoms with van der Waals surface area (Å²) in [6, 6.07) is 12.9. The summed E-state index contributed by atoms with van der Waals surface area (Å²) in [6.45, 7) is 5.17. The first-order valence-corrected chi connectivity index (χ1v) is 11.5. The summed E-state index contributed by atoms with van der Waals surface area (Å²) < 4.78 is 0. The molecule has 0 bridgehead atoms. The number of amides is 3. The van der Waals surface area contributed by atoms with E-state index >= 15 is 0 Å². The average molecular weight is 440 g/mol. The molecule has 2 heterocycles. The Morgan fingerprint density at radius 2 is 1.87 bits per heavy atom. The van der Waals surface area contributed by atoms with Gasteiger partial charge in [-0.2, -0.15) is 0 Å². The van der Waals surface area contributed by atoms with E-state index in [1.54, 1.807) is 12.1 Å². The van der Waals surface area contributed by atoms with Gasteiger partial charge in [0, 0.05) is 26.1 Å². The van der Waals surface area contributed by atoms with Crippen molar-refractivity contribution in [3.63, 3.8) is 0 Å². The number of nitrogens with one attached hydrogen (secondary N) is 2. The number of thiophene rings is 1. The van der Waals surface area contributed by atoms with E-state index in [0.29, 0.717) is 43.8 Å². The van der Waals surface area contributed by atoms with Crippen LogP contribution in [0.25, 0.3) is 0 Å². The first-order chi connectivity index (χ1) is 15.1. The second-order valence-corrected chi connectivity index (χ2v) is 8.61. The fourth-order valence-corrected chi connectivity index (χ4v) is 4.46. The summed E-state index contributed by atoms with van der Waals surface area (Å²) in [7, 11) is 0. The van der Waals surface area contributed by atoms with Crippen LogP contribution in [0.4, 0.5) is 0 Å². The Hall–Kier alpha value is -2.93. The third-order valence-electron chi connectivity index (χ3n) is 5.57. The van der Waals surface area contributed by atoms with Crippen LogP contribution in [0.5, 0.6) is 0 Å².